The van der Waals surface area contributed by atoms with Crippen LogP contribution in [0.3, 0.4) is 0 Å². The van der Waals surface area contributed by atoms with Crippen LogP contribution in [0, 0.1) is 23.3 Å². The fraction of sp³-hybridized carbons (Fsp3) is 0.380. The molecule has 0 aromatic heterocycles. The number of hydrogen-bond acceptors (Lipinski definition) is 11. The van der Waals surface area contributed by atoms with Gasteiger partial charge in [0.15, 0.2) is 46.3 Å². The van der Waals surface area contributed by atoms with Crippen LogP contribution < -0.4 is 36.5 Å². The fourth-order valence-electron chi connectivity index (χ4n) is 6.26. The number of unbranched alkanes of at least 4 members (excludes halogenated alkanes) is 3. The van der Waals surface area contributed by atoms with Gasteiger partial charge in [0.05, 0.1) is 12.1 Å². The second-order valence-corrected chi connectivity index (χ2v) is 16.2. The normalized spacial score (nSPS) is 13.3. The van der Waals surface area contributed by atoms with Crippen molar-refractivity contribution in [2.24, 2.45) is 5.73 Å². The third-order valence-corrected chi connectivity index (χ3v) is 9.45. The first-order valence-electron chi connectivity index (χ1n) is 24.6. The van der Waals surface area contributed by atoms with Crippen molar-refractivity contribution in [3.05, 3.63) is 119 Å². The molecule has 0 radical (unpaired) electrons. The Bertz CT molecular complexity index is 2600. The molecule has 4 aromatic carbocycles. The van der Waals surface area contributed by atoms with E-state index >= 15 is 0 Å². The molecule has 19 heteroatoms. The molecule has 4 amide bonds. The lowest BCUT2D eigenvalue weighted by atomic mass is 10.0. The number of nitrogens with one attached hydrogen (secondary N) is 4. The minimum absolute atomic E-state index is 0.0251. The van der Waals surface area contributed by atoms with Gasteiger partial charge in [-0.15, -0.1) is 0 Å². The van der Waals surface area contributed by atoms with Crippen molar-refractivity contribution in [3.63, 3.8) is 0 Å². The molecular formula is C50H59F4N5O10. The maximum absolute atomic E-state index is 13.9. The summed E-state index contributed by atoms with van der Waals surface area (Å²) in [4.78, 5) is 86.8. The van der Waals surface area contributed by atoms with Gasteiger partial charge < -0.3 is 41.2 Å². The third-order valence-electron chi connectivity index (χ3n) is 9.45. The lowest BCUT2D eigenvalue weighted by molar-refractivity contribution is -0.155. The molecule has 69 heavy (non-hydrogen) atoms. The Balaban J connectivity index is 0.000000402. The number of amides is 4. The molecule has 0 unspecified atom stereocenters. The monoisotopic (exact) mass is 971 g/mol. The molecule has 4 rings (SSSR count). The molecule has 4 aromatic rings. The highest BCUT2D eigenvalue weighted by atomic mass is 19.1. The molecule has 6 N–H and O–H groups in total. The van der Waals surface area contributed by atoms with Crippen LogP contribution in [0.15, 0.2) is 84.9 Å². The first-order chi connectivity index (χ1) is 35.1. The molecule has 0 aliphatic carbocycles. The maximum atomic E-state index is 13.9. The summed E-state index contributed by atoms with van der Waals surface area (Å²) >= 11 is 0. The van der Waals surface area contributed by atoms with Crippen molar-refractivity contribution in [2.45, 2.75) is 104 Å². The number of halogens is 4. The summed E-state index contributed by atoms with van der Waals surface area (Å²) < 4.78 is 114. The quantitative estimate of drug-likeness (QED) is 0.0259. The van der Waals surface area contributed by atoms with E-state index in [0.29, 0.717) is 38.6 Å². The number of Topliss-reactive ketones (excluding diaryl/α,β-unsaturated/α-hetero) is 2. The summed E-state index contributed by atoms with van der Waals surface area (Å²) in [5.41, 5.74) is 5.10. The van der Waals surface area contributed by atoms with Gasteiger partial charge in [-0.3, -0.25) is 33.6 Å². The number of ether oxygens (including phenoxy) is 3. The minimum Gasteiger partial charge on any atom is -0.480 e. The molecule has 0 bridgehead atoms. The van der Waals surface area contributed by atoms with Gasteiger partial charge >= 0.3 is 5.97 Å². The number of hydrogen-bond donors (Lipinski definition) is 5. The Kier molecular flexibility index (Phi) is 19.2. The molecule has 0 saturated carbocycles. The first-order valence-corrected chi connectivity index (χ1v) is 21.6. The summed E-state index contributed by atoms with van der Waals surface area (Å²) in [6.45, 7) is -1.51. The molecule has 0 saturated heterocycles. The molecule has 15 nitrogen and oxygen atoms in total. The van der Waals surface area contributed by atoms with Crippen molar-refractivity contribution in [1.82, 2.24) is 10.6 Å². The average molecular weight is 972 g/mol. The number of carbonyl (C=O) groups excluding carboxylic acids is 7. The van der Waals surface area contributed by atoms with Gasteiger partial charge in [0.1, 0.15) is 18.8 Å². The van der Waals surface area contributed by atoms with Crippen LogP contribution in [0.1, 0.15) is 115 Å². The molecule has 372 valence electrons. The smallest absolute Gasteiger partial charge is 0.306 e. The van der Waals surface area contributed by atoms with E-state index in [1.807, 2.05) is 0 Å². The molecule has 0 aliphatic heterocycles. The fourth-order valence-corrected chi connectivity index (χ4v) is 6.26. The SMILES string of the molecule is [2H]C([2H])([2H])C(=O)Nc1cccc(C(=O)N[C@H](CCCCCC(=O)OC(C)(C)C)C(=O)COc2c(F)cccc2F)c1.[2H]C([2H])([2H])C(=O)Nc1cccc(C(=O)N[C@H](CCCCN)C(=O)COc2c(F)cccc2F)c1. The predicted molar refractivity (Wildman–Crippen MR) is 250 cm³/mol. The lowest BCUT2D eigenvalue weighted by Gasteiger charge is -2.20. The number of ketones is 2. The van der Waals surface area contributed by atoms with Crippen LogP contribution in [-0.4, -0.2) is 78.6 Å². The zero-order valence-corrected chi connectivity index (χ0v) is 38.2. The highest BCUT2D eigenvalue weighted by molar-refractivity contribution is 6.01. The second kappa shape index (κ2) is 28.2. The minimum atomic E-state index is -2.89. The number of esters is 1. The van der Waals surface area contributed by atoms with E-state index in [1.54, 1.807) is 20.8 Å². The van der Waals surface area contributed by atoms with Crippen molar-refractivity contribution in [2.75, 3.05) is 30.4 Å². The number of anilines is 2. The van der Waals surface area contributed by atoms with Crippen LogP contribution in [0.2, 0.25) is 0 Å². The van der Waals surface area contributed by atoms with E-state index in [4.69, 9.17) is 28.2 Å². The second-order valence-electron chi connectivity index (χ2n) is 16.2. The number of benzene rings is 4. The summed E-state index contributed by atoms with van der Waals surface area (Å²) in [5, 5.41) is 9.50. The summed E-state index contributed by atoms with van der Waals surface area (Å²) in [6, 6.07) is 15.0. The van der Waals surface area contributed by atoms with Crippen LogP contribution in [0.4, 0.5) is 28.9 Å². The summed E-state index contributed by atoms with van der Waals surface area (Å²) in [5.74, 6) is -10.8. The van der Waals surface area contributed by atoms with Gasteiger partial charge in [-0.1, -0.05) is 37.1 Å². The Morgan fingerprint density at radius 1 is 0.594 bits per heavy atom. The zero-order valence-electron chi connectivity index (χ0n) is 44.2. The van der Waals surface area contributed by atoms with Gasteiger partial charge in [-0.05, 0) is 120 Å². The highest BCUT2D eigenvalue weighted by Crippen LogP contribution is 2.23. The molecule has 0 fully saturated rings. The molecule has 0 aliphatic rings. The topological polar surface area (TPSA) is 221 Å². The standard InChI is InChI=1S/C28H34F2N2O6.C22H25F2N3O4/c1-18(33)31-20-11-8-10-19(16-20)27(36)32-23(14-6-5-7-15-25(35)38-28(2,3)4)24(34)17-37-26-21(29)12-9-13-22(26)30;1-14(28)26-16-7-4-6-15(12-16)22(30)27-19(10-2-3-11-25)20(29)13-31-21-17(23)8-5-9-18(21)24/h8-13,16,23H,5-7,14-15,17H2,1-4H3,(H,31,33)(H,32,36);4-9,12,19H,2-3,10-11,13,25H2,1H3,(H,26,28)(H,27,30)/t23-;19-/m11/s1/i2*1D3. The average Bonchev–Trinajstić information content (AvgIpc) is 3.32. The number of nitrogens with two attached hydrogens (primary N) is 1. The number of rotatable bonds is 24. The van der Waals surface area contributed by atoms with E-state index in [2.05, 4.69) is 21.3 Å². The van der Waals surface area contributed by atoms with Crippen LogP contribution >= 0.6 is 0 Å². The van der Waals surface area contributed by atoms with Gasteiger partial charge in [-0.25, -0.2) is 17.6 Å². The number of carbonyl (C=O) groups is 7. The van der Waals surface area contributed by atoms with Crippen molar-refractivity contribution in [1.29, 1.82) is 0 Å². The van der Waals surface area contributed by atoms with E-state index in [0.717, 1.165) is 36.4 Å². The van der Waals surface area contributed by atoms with Crippen molar-refractivity contribution < 1.29 is 73.6 Å². The molecule has 0 heterocycles. The highest BCUT2D eigenvalue weighted by Gasteiger charge is 2.25. The maximum Gasteiger partial charge on any atom is 0.306 e. The van der Waals surface area contributed by atoms with Crippen molar-refractivity contribution in [3.8, 4) is 11.5 Å². The van der Waals surface area contributed by atoms with Crippen LogP contribution in [0.25, 0.3) is 0 Å². The predicted octanol–water partition coefficient (Wildman–Crippen LogP) is 7.76. The Hall–Kier alpha value is -7.15. The largest absolute Gasteiger partial charge is 0.480 e. The Morgan fingerprint density at radius 2 is 1.00 bits per heavy atom. The molecule has 2 atom stereocenters. The van der Waals surface area contributed by atoms with E-state index < -0.39 is 115 Å². The third kappa shape index (κ3) is 20.7. The number of para-hydroxylation sites is 2. The first kappa shape index (κ1) is 46.9. The Labute approximate surface area is 406 Å². The zero-order chi connectivity index (χ0) is 56.1. The van der Waals surface area contributed by atoms with E-state index in [-0.39, 0.29) is 47.7 Å². The molecular weight excluding hydrogens is 907 g/mol. The summed E-state index contributed by atoms with van der Waals surface area (Å²) in [6.07, 6.45) is 3.02. The van der Waals surface area contributed by atoms with Gasteiger partial charge in [-0.2, -0.15) is 0 Å². The van der Waals surface area contributed by atoms with E-state index in [1.165, 1.54) is 48.5 Å². The van der Waals surface area contributed by atoms with Gasteiger partial charge in [0.2, 0.25) is 11.8 Å². The van der Waals surface area contributed by atoms with Gasteiger partial charge in [0, 0.05) is 50.9 Å². The summed E-state index contributed by atoms with van der Waals surface area (Å²) in [7, 11) is 0. The van der Waals surface area contributed by atoms with Crippen LogP contribution in [0.5, 0.6) is 11.5 Å². The lowest BCUT2D eigenvalue weighted by Crippen LogP contribution is -2.43. The van der Waals surface area contributed by atoms with Gasteiger partial charge in [0.25, 0.3) is 11.8 Å². The van der Waals surface area contributed by atoms with Crippen LogP contribution in [-0.2, 0) is 28.7 Å². The Morgan fingerprint density at radius 3 is 1.39 bits per heavy atom. The molecule has 0 spiro atoms. The van der Waals surface area contributed by atoms with Crippen molar-refractivity contribution >= 4 is 52.5 Å². The van der Waals surface area contributed by atoms with E-state index in [9.17, 15) is 51.1 Å².